The SMILES string of the molecule is C=C(C)c1cccc2c1OB(O)[C@@H](NC(=O)C[C@H]1CC[C@H](NCCN(C)C)CC1)C2. The minimum atomic E-state index is -1.04. The molecule has 0 spiro atoms. The van der Waals surface area contributed by atoms with Gasteiger partial charge in [0.15, 0.2) is 0 Å². The molecule has 1 amide bonds. The van der Waals surface area contributed by atoms with E-state index in [4.69, 9.17) is 4.65 Å². The highest BCUT2D eigenvalue weighted by Gasteiger charge is 2.37. The second kappa shape index (κ2) is 10.5. The summed E-state index contributed by atoms with van der Waals surface area (Å²) < 4.78 is 5.76. The van der Waals surface area contributed by atoms with Crippen molar-refractivity contribution in [2.75, 3.05) is 27.2 Å². The number of carbonyl (C=O) groups is 1. The summed E-state index contributed by atoms with van der Waals surface area (Å²) in [5.74, 6) is 0.685. The van der Waals surface area contributed by atoms with E-state index in [-0.39, 0.29) is 5.91 Å². The smallest absolute Gasteiger partial charge is 0.534 e. The zero-order valence-corrected chi connectivity index (χ0v) is 18.6. The van der Waals surface area contributed by atoms with Gasteiger partial charge in [0, 0.05) is 31.1 Å². The van der Waals surface area contributed by atoms with Crippen LogP contribution in [-0.2, 0) is 11.2 Å². The van der Waals surface area contributed by atoms with Gasteiger partial charge >= 0.3 is 7.12 Å². The van der Waals surface area contributed by atoms with Crippen LogP contribution in [0.25, 0.3) is 5.57 Å². The first-order valence-corrected chi connectivity index (χ1v) is 11.1. The van der Waals surface area contributed by atoms with Gasteiger partial charge in [0.1, 0.15) is 5.75 Å². The highest BCUT2D eigenvalue weighted by atomic mass is 16.5. The minimum Gasteiger partial charge on any atom is -0.534 e. The molecule has 0 bridgehead atoms. The van der Waals surface area contributed by atoms with Crippen molar-refractivity contribution in [2.45, 2.75) is 57.4 Å². The molecule has 1 aromatic carbocycles. The van der Waals surface area contributed by atoms with Crippen LogP contribution in [0.3, 0.4) is 0 Å². The number of para-hydroxylation sites is 1. The van der Waals surface area contributed by atoms with Crippen LogP contribution in [0, 0.1) is 5.92 Å². The molecular weight excluding hydrogens is 377 g/mol. The molecular formula is C23H36BN3O3. The molecule has 2 aliphatic rings. The van der Waals surface area contributed by atoms with Gasteiger partial charge in [-0.1, -0.05) is 24.8 Å². The lowest BCUT2D eigenvalue weighted by Gasteiger charge is -2.31. The van der Waals surface area contributed by atoms with Crippen LogP contribution in [0.15, 0.2) is 24.8 Å². The van der Waals surface area contributed by atoms with E-state index in [1.54, 1.807) is 0 Å². The van der Waals surface area contributed by atoms with Gasteiger partial charge in [-0.05, 0) is 70.2 Å². The Morgan fingerprint density at radius 3 is 2.70 bits per heavy atom. The first-order chi connectivity index (χ1) is 14.3. The van der Waals surface area contributed by atoms with Crippen LogP contribution in [0.1, 0.15) is 50.2 Å². The fourth-order valence-corrected chi connectivity index (χ4v) is 4.47. The molecule has 1 aliphatic heterocycles. The van der Waals surface area contributed by atoms with E-state index in [1.807, 2.05) is 25.1 Å². The van der Waals surface area contributed by atoms with Gasteiger partial charge < -0.3 is 25.2 Å². The monoisotopic (exact) mass is 413 g/mol. The Morgan fingerprint density at radius 1 is 1.30 bits per heavy atom. The van der Waals surface area contributed by atoms with E-state index in [2.05, 4.69) is 36.2 Å². The summed E-state index contributed by atoms with van der Waals surface area (Å²) in [5.41, 5.74) is 2.80. The highest BCUT2D eigenvalue weighted by Crippen LogP contribution is 2.33. The number of benzene rings is 1. The number of hydrogen-bond donors (Lipinski definition) is 3. The van der Waals surface area contributed by atoms with E-state index in [0.29, 0.717) is 30.6 Å². The third-order valence-electron chi connectivity index (χ3n) is 6.24. The molecule has 1 aromatic rings. The zero-order chi connectivity index (χ0) is 21.7. The van der Waals surface area contributed by atoms with E-state index >= 15 is 0 Å². The van der Waals surface area contributed by atoms with Crippen LogP contribution in [0.4, 0.5) is 0 Å². The lowest BCUT2D eigenvalue weighted by Crippen LogP contribution is -2.53. The molecule has 1 aliphatic carbocycles. The molecule has 1 atom stereocenters. The Bertz CT molecular complexity index is 747. The molecule has 0 saturated heterocycles. The van der Waals surface area contributed by atoms with Gasteiger partial charge in [-0.15, -0.1) is 0 Å². The predicted octanol–water partition coefficient (Wildman–Crippen LogP) is 2.26. The molecule has 6 nitrogen and oxygen atoms in total. The molecule has 30 heavy (non-hydrogen) atoms. The largest absolute Gasteiger partial charge is 0.547 e. The summed E-state index contributed by atoms with van der Waals surface area (Å²) in [6.45, 7) is 7.96. The maximum absolute atomic E-state index is 12.6. The van der Waals surface area contributed by atoms with Crippen LogP contribution < -0.4 is 15.3 Å². The van der Waals surface area contributed by atoms with E-state index in [0.717, 1.165) is 55.5 Å². The highest BCUT2D eigenvalue weighted by molar-refractivity contribution is 6.46. The molecule has 0 radical (unpaired) electrons. The molecule has 7 heteroatoms. The van der Waals surface area contributed by atoms with Gasteiger partial charge in [-0.25, -0.2) is 0 Å². The van der Waals surface area contributed by atoms with Crippen molar-refractivity contribution in [1.29, 1.82) is 0 Å². The molecule has 1 heterocycles. The quantitative estimate of drug-likeness (QED) is 0.571. The van der Waals surface area contributed by atoms with Crippen molar-refractivity contribution < 1.29 is 14.5 Å². The number of carbonyl (C=O) groups excluding carboxylic acids is 1. The molecule has 0 unspecified atom stereocenters. The number of rotatable bonds is 8. The van der Waals surface area contributed by atoms with Crippen molar-refractivity contribution in [3.8, 4) is 5.75 Å². The third kappa shape index (κ3) is 6.09. The summed E-state index contributed by atoms with van der Waals surface area (Å²) in [7, 11) is 3.13. The predicted molar refractivity (Wildman–Crippen MR) is 122 cm³/mol. The Hall–Kier alpha value is -1.83. The molecule has 0 aromatic heterocycles. The standard InChI is InChI=1S/C23H36BN3O3/c1-16(2)20-7-5-6-18-15-21(24(29)30-23(18)20)26-22(28)14-17-8-10-19(11-9-17)25-12-13-27(3)4/h5-7,17,19,21,25,29H,1,8-15H2,2-4H3,(H,26,28)/t17-,19-,21-/m0/s1. The van der Waals surface area contributed by atoms with Crippen LogP contribution in [-0.4, -0.2) is 62.1 Å². The molecule has 1 saturated carbocycles. The van der Waals surface area contributed by atoms with Gasteiger partial charge in [0.2, 0.25) is 5.91 Å². The van der Waals surface area contributed by atoms with E-state index in [1.165, 1.54) is 0 Å². The summed E-state index contributed by atoms with van der Waals surface area (Å²) >= 11 is 0. The summed E-state index contributed by atoms with van der Waals surface area (Å²) in [6.07, 6.45) is 5.47. The molecule has 3 N–H and O–H groups in total. The number of fused-ring (bicyclic) bond motifs is 1. The van der Waals surface area contributed by atoms with Gasteiger partial charge in [0.25, 0.3) is 0 Å². The first kappa shape index (κ1) is 22.9. The van der Waals surface area contributed by atoms with Crippen LogP contribution in [0.2, 0.25) is 0 Å². The maximum Gasteiger partial charge on any atom is 0.547 e. The number of nitrogens with zero attached hydrogens (tertiary/aromatic N) is 1. The van der Waals surface area contributed by atoms with E-state index < -0.39 is 13.1 Å². The normalized spacial score (nSPS) is 23.6. The summed E-state index contributed by atoms with van der Waals surface area (Å²) in [5, 5.41) is 17.1. The van der Waals surface area contributed by atoms with Crippen molar-refractivity contribution in [1.82, 2.24) is 15.5 Å². The lowest BCUT2D eigenvalue weighted by atomic mass is 9.72. The van der Waals surface area contributed by atoms with Crippen LogP contribution in [0.5, 0.6) is 5.75 Å². The second-order valence-corrected chi connectivity index (χ2v) is 9.14. The lowest BCUT2D eigenvalue weighted by molar-refractivity contribution is -0.122. The Kier molecular flexibility index (Phi) is 7.97. The second-order valence-electron chi connectivity index (χ2n) is 9.14. The maximum atomic E-state index is 12.6. The van der Waals surface area contributed by atoms with Crippen molar-refractivity contribution in [2.24, 2.45) is 5.92 Å². The Labute approximate surface area is 181 Å². The summed E-state index contributed by atoms with van der Waals surface area (Å²) in [6, 6.07) is 6.46. The zero-order valence-electron chi connectivity index (χ0n) is 18.6. The van der Waals surface area contributed by atoms with Crippen molar-refractivity contribution in [3.05, 3.63) is 35.9 Å². The van der Waals surface area contributed by atoms with Gasteiger partial charge in [-0.3, -0.25) is 4.79 Å². The average Bonchev–Trinajstić information content (AvgIpc) is 2.69. The topological polar surface area (TPSA) is 73.8 Å². The van der Waals surface area contributed by atoms with Gasteiger partial charge in [-0.2, -0.15) is 0 Å². The van der Waals surface area contributed by atoms with Crippen LogP contribution >= 0.6 is 0 Å². The molecule has 1 fully saturated rings. The third-order valence-corrected chi connectivity index (χ3v) is 6.24. The molecule has 3 rings (SSSR count). The van der Waals surface area contributed by atoms with Crippen molar-refractivity contribution in [3.63, 3.8) is 0 Å². The first-order valence-electron chi connectivity index (χ1n) is 11.1. The summed E-state index contributed by atoms with van der Waals surface area (Å²) in [4.78, 5) is 14.8. The Balaban J connectivity index is 1.46. The van der Waals surface area contributed by atoms with Gasteiger partial charge in [0.05, 0.1) is 5.94 Å². The number of allylic oxidation sites excluding steroid dienone is 1. The number of amides is 1. The van der Waals surface area contributed by atoms with Crippen molar-refractivity contribution >= 4 is 18.6 Å². The average molecular weight is 413 g/mol. The fourth-order valence-electron chi connectivity index (χ4n) is 4.47. The number of nitrogens with one attached hydrogen (secondary N) is 2. The number of hydrogen-bond acceptors (Lipinski definition) is 5. The fraction of sp³-hybridized carbons (Fsp3) is 0.609. The van der Waals surface area contributed by atoms with E-state index in [9.17, 15) is 9.82 Å². The molecule has 164 valence electrons. The Morgan fingerprint density at radius 2 is 2.03 bits per heavy atom. The minimum absolute atomic E-state index is 0.00572. The number of likely N-dealkylation sites (N-methyl/N-ethyl adjacent to an activating group) is 1.